The normalized spacial score (nSPS) is 13.7. The lowest BCUT2D eigenvalue weighted by atomic mass is 10.1. The number of nitrogens with zero attached hydrogens (tertiary/aromatic N) is 3. The van der Waals surface area contributed by atoms with Gasteiger partial charge in [0.05, 0.1) is 22.7 Å². The third kappa shape index (κ3) is 4.88. The molecule has 3 aromatic rings. The number of carboxylic acid groups (broad SMARTS) is 1. The maximum absolute atomic E-state index is 15.1. The number of aromatic carboxylic acids is 1. The minimum absolute atomic E-state index is 0.00604. The van der Waals surface area contributed by atoms with Crippen LogP contribution in [0.1, 0.15) is 33.2 Å². The number of carbonyl (C=O) groups is 2. The zero-order valence-electron chi connectivity index (χ0n) is 19.3. The van der Waals surface area contributed by atoms with Crippen molar-refractivity contribution in [3.63, 3.8) is 0 Å². The molecule has 182 valence electrons. The van der Waals surface area contributed by atoms with E-state index >= 15 is 4.39 Å². The molecule has 1 saturated heterocycles. The van der Waals surface area contributed by atoms with Gasteiger partial charge in [0, 0.05) is 49.9 Å². The highest BCUT2D eigenvalue weighted by Gasteiger charge is 2.24. The molecule has 0 saturated carbocycles. The number of carbonyl (C=O) groups excluding carboxylic acids is 2. The molecular weight excluding hydrogens is 471 g/mol. The number of aryl methyl sites for hydroxylation is 2. The Bertz CT molecular complexity index is 1400. The number of anilines is 1. The standard InChI is InChI=1S/C25H25FN4O4S/c1-3-28-14-18(24(33)34)22(31)17-12-19(26)21(13-20(17)28)29-7-9-30(10-8-29)25(35)27-23(32)16-6-4-5-15(2)11-16/h4-6,11-14H,3,7-10H2,1-2H3,(H,33,34)(H,27,32,35)/p-1. The highest BCUT2D eigenvalue weighted by Crippen LogP contribution is 2.26. The predicted octanol–water partition coefficient (Wildman–Crippen LogP) is 1.67. The molecule has 0 radical (unpaired) electrons. The highest BCUT2D eigenvalue weighted by atomic mass is 32.1. The van der Waals surface area contributed by atoms with Crippen molar-refractivity contribution in [3.05, 3.63) is 75.3 Å². The Morgan fingerprint density at radius 2 is 1.86 bits per heavy atom. The van der Waals surface area contributed by atoms with Crippen LogP contribution in [0, 0.1) is 12.7 Å². The molecule has 0 aliphatic carbocycles. The fourth-order valence-corrected chi connectivity index (χ4v) is 4.51. The van der Waals surface area contributed by atoms with Gasteiger partial charge in [0.25, 0.3) is 5.91 Å². The SMILES string of the molecule is CCn1cc(C(=O)[O-])c(=O)c2cc(F)c(N3CCN(C(=S)NC(=O)c4cccc(C)c4)CC3)cc21. The lowest BCUT2D eigenvalue weighted by Gasteiger charge is -2.37. The minimum Gasteiger partial charge on any atom is -0.545 e. The molecule has 0 unspecified atom stereocenters. The largest absolute Gasteiger partial charge is 0.545 e. The Morgan fingerprint density at radius 3 is 2.49 bits per heavy atom. The van der Waals surface area contributed by atoms with Gasteiger partial charge in [0.2, 0.25) is 0 Å². The van der Waals surface area contributed by atoms with E-state index in [9.17, 15) is 19.5 Å². The van der Waals surface area contributed by atoms with Crippen LogP contribution in [-0.4, -0.2) is 52.6 Å². The quantitative estimate of drug-likeness (QED) is 0.550. The molecular formula is C25H24FN4O4S-. The Hall–Kier alpha value is -3.79. The molecule has 1 N–H and O–H groups in total. The Morgan fingerprint density at radius 1 is 1.14 bits per heavy atom. The first-order valence-corrected chi connectivity index (χ1v) is 11.6. The van der Waals surface area contributed by atoms with E-state index in [2.05, 4.69) is 5.32 Å². The lowest BCUT2D eigenvalue weighted by Crippen LogP contribution is -2.52. The average Bonchev–Trinajstić information content (AvgIpc) is 2.84. The molecule has 2 aromatic carbocycles. The van der Waals surface area contributed by atoms with Crippen LogP contribution in [0.2, 0.25) is 0 Å². The van der Waals surface area contributed by atoms with Gasteiger partial charge in [0.1, 0.15) is 5.82 Å². The third-order valence-corrected chi connectivity index (χ3v) is 6.48. The van der Waals surface area contributed by atoms with Crippen molar-refractivity contribution in [2.24, 2.45) is 0 Å². The summed E-state index contributed by atoms with van der Waals surface area (Å²) in [4.78, 5) is 40.0. The van der Waals surface area contributed by atoms with Crippen LogP contribution in [0.15, 0.2) is 47.4 Å². The predicted molar refractivity (Wildman–Crippen MR) is 133 cm³/mol. The van der Waals surface area contributed by atoms with Crippen molar-refractivity contribution in [1.29, 1.82) is 0 Å². The summed E-state index contributed by atoms with van der Waals surface area (Å²) in [6.07, 6.45) is 1.23. The number of rotatable bonds is 4. The molecule has 1 aliphatic rings. The van der Waals surface area contributed by atoms with Crippen molar-refractivity contribution in [2.75, 3.05) is 31.1 Å². The summed E-state index contributed by atoms with van der Waals surface area (Å²) >= 11 is 5.42. The number of carboxylic acids is 1. The van der Waals surface area contributed by atoms with Crippen LogP contribution in [0.5, 0.6) is 0 Å². The number of piperazine rings is 1. The second-order valence-corrected chi connectivity index (χ2v) is 8.76. The fraction of sp³-hybridized carbons (Fsp3) is 0.280. The van der Waals surface area contributed by atoms with Gasteiger partial charge in [-0.15, -0.1) is 0 Å². The molecule has 2 heterocycles. The summed E-state index contributed by atoms with van der Waals surface area (Å²) in [7, 11) is 0. The van der Waals surface area contributed by atoms with Crippen molar-refractivity contribution in [2.45, 2.75) is 20.4 Å². The summed E-state index contributed by atoms with van der Waals surface area (Å²) < 4.78 is 16.6. The van der Waals surface area contributed by atoms with Crippen LogP contribution in [0.4, 0.5) is 10.1 Å². The number of hydrogen-bond acceptors (Lipinski definition) is 6. The molecule has 1 aromatic heterocycles. The van der Waals surface area contributed by atoms with Gasteiger partial charge in [-0.3, -0.25) is 14.9 Å². The molecule has 0 bridgehead atoms. The van der Waals surface area contributed by atoms with Gasteiger partial charge in [-0.2, -0.15) is 0 Å². The fourth-order valence-electron chi connectivity index (χ4n) is 4.23. The monoisotopic (exact) mass is 495 g/mol. The van der Waals surface area contributed by atoms with Crippen molar-refractivity contribution in [3.8, 4) is 0 Å². The topological polar surface area (TPSA) is 97.7 Å². The van der Waals surface area contributed by atoms with E-state index in [4.69, 9.17) is 12.2 Å². The maximum Gasteiger partial charge on any atom is 0.257 e. The van der Waals surface area contributed by atoms with Crippen molar-refractivity contribution < 1.29 is 19.1 Å². The van der Waals surface area contributed by atoms with E-state index in [0.29, 0.717) is 54.6 Å². The van der Waals surface area contributed by atoms with Crippen LogP contribution in [0.3, 0.4) is 0 Å². The van der Waals surface area contributed by atoms with E-state index in [-0.39, 0.29) is 11.3 Å². The molecule has 8 nitrogen and oxygen atoms in total. The second kappa shape index (κ2) is 9.83. The number of fused-ring (bicyclic) bond motifs is 1. The number of nitrogens with one attached hydrogen (secondary N) is 1. The van der Waals surface area contributed by atoms with Gasteiger partial charge >= 0.3 is 0 Å². The van der Waals surface area contributed by atoms with Crippen LogP contribution in [-0.2, 0) is 6.54 Å². The maximum atomic E-state index is 15.1. The average molecular weight is 496 g/mol. The van der Waals surface area contributed by atoms with E-state index in [1.165, 1.54) is 6.20 Å². The Balaban J connectivity index is 1.51. The van der Waals surface area contributed by atoms with Gasteiger partial charge in [-0.1, -0.05) is 17.7 Å². The summed E-state index contributed by atoms with van der Waals surface area (Å²) in [5.41, 5.74) is 0.986. The number of thiocarbonyl (C=S) groups is 1. The van der Waals surface area contributed by atoms with E-state index in [0.717, 1.165) is 11.6 Å². The molecule has 0 atom stereocenters. The smallest absolute Gasteiger partial charge is 0.257 e. The summed E-state index contributed by atoms with van der Waals surface area (Å²) in [6, 6.07) is 9.87. The first kappa shape index (κ1) is 24.3. The van der Waals surface area contributed by atoms with E-state index < -0.39 is 22.8 Å². The Kier molecular flexibility index (Phi) is 6.83. The van der Waals surface area contributed by atoms with E-state index in [1.807, 2.05) is 28.9 Å². The van der Waals surface area contributed by atoms with Gasteiger partial charge < -0.3 is 24.3 Å². The van der Waals surface area contributed by atoms with E-state index in [1.54, 1.807) is 29.7 Å². The first-order chi connectivity index (χ1) is 16.7. The van der Waals surface area contributed by atoms with Gasteiger partial charge in [0.15, 0.2) is 10.5 Å². The van der Waals surface area contributed by atoms with Gasteiger partial charge in [-0.25, -0.2) is 4.39 Å². The number of pyridine rings is 1. The van der Waals surface area contributed by atoms with Crippen LogP contribution < -0.4 is 20.8 Å². The zero-order chi connectivity index (χ0) is 25.3. The van der Waals surface area contributed by atoms with Gasteiger partial charge in [-0.05, 0) is 50.3 Å². The summed E-state index contributed by atoms with van der Waals surface area (Å²) in [5, 5.41) is 14.4. The number of aromatic nitrogens is 1. The number of hydrogen-bond donors (Lipinski definition) is 1. The minimum atomic E-state index is -1.59. The molecule has 4 rings (SSSR count). The molecule has 35 heavy (non-hydrogen) atoms. The molecule has 1 amide bonds. The Labute approximate surface area is 206 Å². The molecule has 1 fully saturated rings. The first-order valence-electron chi connectivity index (χ1n) is 11.2. The molecule has 1 aliphatic heterocycles. The number of halogens is 1. The van der Waals surface area contributed by atoms with Crippen molar-refractivity contribution >= 4 is 45.8 Å². The second-order valence-electron chi connectivity index (χ2n) is 8.37. The third-order valence-electron chi connectivity index (χ3n) is 6.12. The highest BCUT2D eigenvalue weighted by molar-refractivity contribution is 7.80. The van der Waals surface area contributed by atoms with Crippen LogP contribution in [0.25, 0.3) is 10.9 Å². The number of amides is 1. The van der Waals surface area contributed by atoms with Crippen molar-refractivity contribution in [1.82, 2.24) is 14.8 Å². The zero-order valence-corrected chi connectivity index (χ0v) is 20.2. The lowest BCUT2D eigenvalue weighted by molar-refractivity contribution is -0.255. The summed E-state index contributed by atoms with van der Waals surface area (Å²) in [6.45, 7) is 5.92. The summed E-state index contributed by atoms with van der Waals surface area (Å²) in [5.74, 6) is -2.49. The van der Waals surface area contributed by atoms with Crippen LogP contribution >= 0.6 is 12.2 Å². The molecule has 0 spiro atoms. The molecule has 10 heteroatoms. The number of benzene rings is 2.